The summed E-state index contributed by atoms with van der Waals surface area (Å²) in [6, 6.07) is 7.18. The Labute approximate surface area is 105 Å². The van der Waals surface area contributed by atoms with Crippen molar-refractivity contribution in [1.82, 2.24) is 0 Å². The van der Waals surface area contributed by atoms with Gasteiger partial charge in [0, 0.05) is 0 Å². The van der Waals surface area contributed by atoms with Crippen LogP contribution >= 0.6 is 0 Å². The van der Waals surface area contributed by atoms with Crippen LogP contribution in [0.25, 0.3) is 0 Å². The summed E-state index contributed by atoms with van der Waals surface area (Å²) in [6.45, 7) is -0.378. The van der Waals surface area contributed by atoms with Gasteiger partial charge in [0.1, 0.15) is 18.7 Å². The van der Waals surface area contributed by atoms with Gasteiger partial charge in [0.25, 0.3) is 0 Å². The van der Waals surface area contributed by atoms with Gasteiger partial charge in [-0.3, -0.25) is 9.59 Å². The van der Waals surface area contributed by atoms with Gasteiger partial charge in [-0.1, -0.05) is 30.3 Å². The van der Waals surface area contributed by atoms with E-state index in [1.165, 1.54) is 0 Å². The molecule has 1 aromatic carbocycles. The first-order valence-electron chi connectivity index (χ1n) is 5.45. The highest BCUT2D eigenvalue weighted by Gasteiger charge is 2.19. The van der Waals surface area contributed by atoms with Crippen LogP contribution in [0.5, 0.6) is 0 Å². The normalized spacial score (nSPS) is 13.7. The predicted molar refractivity (Wildman–Crippen MR) is 64.7 cm³/mol. The fourth-order valence-corrected chi connectivity index (χ4v) is 1.30. The van der Waals surface area contributed by atoms with Crippen LogP contribution in [0.15, 0.2) is 30.3 Å². The van der Waals surface area contributed by atoms with E-state index in [-0.39, 0.29) is 6.61 Å². The molecule has 0 aromatic heterocycles. The Morgan fingerprint density at radius 2 is 1.78 bits per heavy atom. The van der Waals surface area contributed by atoms with Crippen LogP contribution in [0, 0.1) is 0 Å². The number of carboxylic acids is 1. The smallest absolute Gasteiger partial charge is 0.324 e. The zero-order valence-electron chi connectivity index (χ0n) is 9.78. The zero-order chi connectivity index (χ0) is 13.5. The van der Waals surface area contributed by atoms with Gasteiger partial charge in [0.2, 0.25) is 0 Å². The van der Waals surface area contributed by atoms with Crippen LogP contribution in [0.4, 0.5) is 0 Å². The first-order chi connectivity index (χ1) is 8.50. The van der Waals surface area contributed by atoms with Gasteiger partial charge >= 0.3 is 11.9 Å². The van der Waals surface area contributed by atoms with Crippen LogP contribution < -0.4 is 11.5 Å². The maximum Gasteiger partial charge on any atom is 0.324 e. The summed E-state index contributed by atoms with van der Waals surface area (Å²) in [7, 11) is 0. The van der Waals surface area contributed by atoms with Gasteiger partial charge in [-0.05, 0) is 12.0 Å². The lowest BCUT2D eigenvalue weighted by molar-refractivity contribution is -0.149. The Bertz CT molecular complexity index is 408. The highest BCUT2D eigenvalue weighted by Crippen LogP contribution is 2.03. The molecule has 0 amide bonds. The summed E-state index contributed by atoms with van der Waals surface area (Å²) >= 11 is 0. The molecule has 0 saturated carbocycles. The molecule has 18 heavy (non-hydrogen) atoms. The molecular formula is C12H16N2O4. The van der Waals surface area contributed by atoms with Crippen molar-refractivity contribution in [2.45, 2.75) is 18.5 Å². The second-order valence-electron chi connectivity index (χ2n) is 3.87. The van der Waals surface area contributed by atoms with Crippen molar-refractivity contribution in [3.05, 3.63) is 35.9 Å². The summed E-state index contributed by atoms with van der Waals surface area (Å²) in [4.78, 5) is 21.9. The summed E-state index contributed by atoms with van der Waals surface area (Å²) in [5.41, 5.74) is 11.8. The van der Waals surface area contributed by atoms with Gasteiger partial charge < -0.3 is 21.3 Å². The molecule has 0 saturated heterocycles. The maximum absolute atomic E-state index is 11.5. The minimum absolute atomic E-state index is 0.335. The molecule has 1 aromatic rings. The van der Waals surface area contributed by atoms with E-state index < -0.39 is 24.0 Å². The molecule has 0 fully saturated rings. The summed E-state index contributed by atoms with van der Waals surface area (Å²) in [5, 5.41) is 8.52. The van der Waals surface area contributed by atoms with Crippen LogP contribution in [0.1, 0.15) is 5.56 Å². The number of aliphatic carboxylic acids is 1. The van der Waals surface area contributed by atoms with Crippen molar-refractivity contribution in [3.8, 4) is 0 Å². The second kappa shape index (κ2) is 6.73. The summed E-state index contributed by atoms with van der Waals surface area (Å²) in [6.07, 6.45) is 0.335. The molecule has 0 aliphatic carbocycles. The number of carbonyl (C=O) groups excluding carboxylic acids is 1. The molecule has 6 nitrogen and oxygen atoms in total. The third-order valence-corrected chi connectivity index (χ3v) is 2.32. The third kappa shape index (κ3) is 4.52. The van der Waals surface area contributed by atoms with Crippen molar-refractivity contribution >= 4 is 11.9 Å². The molecule has 0 aliphatic heterocycles. The number of hydrogen-bond acceptors (Lipinski definition) is 5. The number of ether oxygens (including phenoxy) is 1. The highest BCUT2D eigenvalue weighted by molar-refractivity contribution is 5.77. The Balaban J connectivity index is 2.40. The molecule has 98 valence electrons. The highest BCUT2D eigenvalue weighted by atomic mass is 16.5. The van der Waals surface area contributed by atoms with Crippen LogP contribution in [-0.2, 0) is 20.7 Å². The predicted octanol–water partition coefficient (Wildman–Crippen LogP) is -0.488. The lowest BCUT2D eigenvalue weighted by Crippen LogP contribution is -2.40. The Kier molecular flexibility index (Phi) is 5.29. The Morgan fingerprint density at radius 1 is 1.17 bits per heavy atom. The van der Waals surface area contributed by atoms with Gasteiger partial charge in [-0.2, -0.15) is 0 Å². The number of nitrogens with two attached hydrogens (primary N) is 2. The van der Waals surface area contributed by atoms with E-state index >= 15 is 0 Å². The number of hydrogen-bond donors (Lipinski definition) is 3. The van der Waals surface area contributed by atoms with Crippen molar-refractivity contribution in [1.29, 1.82) is 0 Å². The van der Waals surface area contributed by atoms with Gasteiger partial charge in [0.15, 0.2) is 0 Å². The average molecular weight is 252 g/mol. The SMILES string of the molecule is NC(COC(=O)[C@@H](N)Cc1ccccc1)C(=O)O. The van der Waals surface area contributed by atoms with Crippen LogP contribution in [0.2, 0.25) is 0 Å². The van der Waals surface area contributed by atoms with E-state index in [4.69, 9.17) is 21.3 Å². The topological polar surface area (TPSA) is 116 Å². The Morgan fingerprint density at radius 3 is 2.33 bits per heavy atom. The standard InChI is InChI=1S/C12H16N2O4/c13-9(6-8-4-2-1-3-5-8)12(17)18-7-10(14)11(15)16/h1-5,9-10H,6-7,13-14H2,(H,15,16)/t9-,10?/m0/s1. The number of benzene rings is 1. The molecule has 1 unspecified atom stereocenters. The first-order valence-corrected chi connectivity index (χ1v) is 5.45. The molecule has 0 spiro atoms. The van der Waals surface area contributed by atoms with Crippen LogP contribution in [0.3, 0.4) is 0 Å². The van der Waals surface area contributed by atoms with E-state index in [0.717, 1.165) is 5.56 Å². The second-order valence-corrected chi connectivity index (χ2v) is 3.87. The van der Waals surface area contributed by atoms with Gasteiger partial charge in [-0.25, -0.2) is 0 Å². The number of esters is 1. The monoisotopic (exact) mass is 252 g/mol. The van der Waals surface area contributed by atoms with E-state index in [2.05, 4.69) is 0 Å². The zero-order valence-corrected chi connectivity index (χ0v) is 9.78. The van der Waals surface area contributed by atoms with Gasteiger partial charge in [-0.15, -0.1) is 0 Å². The molecule has 0 aliphatic rings. The van der Waals surface area contributed by atoms with E-state index in [9.17, 15) is 9.59 Å². The molecule has 0 bridgehead atoms. The van der Waals surface area contributed by atoms with Crippen molar-refractivity contribution in [2.24, 2.45) is 11.5 Å². The lowest BCUT2D eigenvalue weighted by atomic mass is 10.1. The average Bonchev–Trinajstić information content (AvgIpc) is 2.36. The van der Waals surface area contributed by atoms with Crippen molar-refractivity contribution in [2.75, 3.05) is 6.61 Å². The molecular weight excluding hydrogens is 236 g/mol. The third-order valence-electron chi connectivity index (χ3n) is 2.32. The minimum Gasteiger partial charge on any atom is -0.480 e. The lowest BCUT2D eigenvalue weighted by Gasteiger charge is -2.13. The maximum atomic E-state index is 11.5. The molecule has 5 N–H and O–H groups in total. The van der Waals surface area contributed by atoms with E-state index in [1.54, 1.807) is 0 Å². The molecule has 1 rings (SSSR count). The molecule has 0 radical (unpaired) electrons. The quantitative estimate of drug-likeness (QED) is 0.588. The number of rotatable bonds is 6. The van der Waals surface area contributed by atoms with Gasteiger partial charge in [0.05, 0.1) is 0 Å². The molecule has 6 heteroatoms. The summed E-state index contributed by atoms with van der Waals surface area (Å²) in [5.74, 6) is -1.88. The van der Waals surface area contributed by atoms with E-state index in [0.29, 0.717) is 6.42 Å². The first kappa shape index (κ1) is 14.1. The minimum atomic E-state index is -1.22. The molecule has 2 atom stereocenters. The van der Waals surface area contributed by atoms with Crippen LogP contribution in [-0.4, -0.2) is 35.7 Å². The molecule has 0 heterocycles. The summed E-state index contributed by atoms with van der Waals surface area (Å²) < 4.78 is 4.73. The van der Waals surface area contributed by atoms with E-state index in [1.807, 2.05) is 30.3 Å². The number of carboxylic acid groups (broad SMARTS) is 1. The van der Waals surface area contributed by atoms with Crippen molar-refractivity contribution in [3.63, 3.8) is 0 Å². The Hall–Kier alpha value is -1.92. The fraction of sp³-hybridized carbons (Fsp3) is 0.333. The number of carbonyl (C=O) groups is 2. The van der Waals surface area contributed by atoms with Crippen molar-refractivity contribution < 1.29 is 19.4 Å². The largest absolute Gasteiger partial charge is 0.480 e. The fourth-order valence-electron chi connectivity index (χ4n) is 1.30.